The third kappa shape index (κ3) is 3.70. The molecule has 1 saturated heterocycles. The third-order valence-corrected chi connectivity index (χ3v) is 7.46. The third-order valence-electron chi connectivity index (χ3n) is 4.10. The van der Waals surface area contributed by atoms with E-state index >= 15 is 0 Å². The van der Waals surface area contributed by atoms with Crippen molar-refractivity contribution in [3.63, 3.8) is 0 Å². The fourth-order valence-electron chi connectivity index (χ4n) is 2.78. The summed E-state index contributed by atoms with van der Waals surface area (Å²) in [5, 5.41) is 0. The van der Waals surface area contributed by atoms with Crippen molar-refractivity contribution in [2.75, 3.05) is 23.3 Å². The van der Waals surface area contributed by atoms with Gasteiger partial charge in [-0.3, -0.25) is 0 Å². The van der Waals surface area contributed by atoms with Gasteiger partial charge in [0.15, 0.2) is 9.84 Å². The van der Waals surface area contributed by atoms with Crippen molar-refractivity contribution in [1.82, 2.24) is 0 Å². The van der Waals surface area contributed by atoms with Gasteiger partial charge in [-0.2, -0.15) is 0 Å². The van der Waals surface area contributed by atoms with Crippen molar-refractivity contribution in [2.45, 2.75) is 12.8 Å². The van der Waals surface area contributed by atoms with Crippen molar-refractivity contribution in [3.05, 3.63) is 34.3 Å². The molecule has 1 fully saturated rings. The average molecular weight is 400 g/mol. The number of sulfone groups is 1. The zero-order valence-corrected chi connectivity index (χ0v) is 14.9. The van der Waals surface area contributed by atoms with Crippen LogP contribution in [0.2, 0.25) is 0 Å². The monoisotopic (exact) mass is 398 g/mol. The number of hydrogen-bond acceptors (Lipinski definition) is 2. The van der Waals surface area contributed by atoms with E-state index in [4.69, 9.17) is 23.2 Å². The van der Waals surface area contributed by atoms with E-state index in [0.29, 0.717) is 24.6 Å². The summed E-state index contributed by atoms with van der Waals surface area (Å²) in [6.45, 7) is 0. The highest BCUT2D eigenvalue weighted by Crippen LogP contribution is 2.41. The van der Waals surface area contributed by atoms with Gasteiger partial charge in [0.1, 0.15) is 0 Å². The molecule has 1 atom stereocenters. The molecule has 2 rings (SSSR count). The van der Waals surface area contributed by atoms with Crippen molar-refractivity contribution in [2.24, 2.45) is 11.3 Å². The lowest BCUT2D eigenvalue weighted by Gasteiger charge is -2.35. The molecule has 0 radical (unpaired) electrons. The van der Waals surface area contributed by atoms with Crippen LogP contribution < -0.4 is 0 Å². The molecule has 0 bridgehead atoms. The molecular formula is C14H17BrCl2O2S. The first-order valence-corrected chi connectivity index (χ1v) is 10.2. The quantitative estimate of drug-likeness (QED) is 0.703. The second-order valence-electron chi connectivity index (χ2n) is 5.53. The number of rotatable bonds is 5. The maximum Gasteiger partial charge on any atom is 0.150 e. The molecule has 0 spiro atoms. The lowest BCUT2D eigenvalue weighted by Crippen LogP contribution is -2.37. The molecule has 2 nitrogen and oxygen atoms in total. The van der Waals surface area contributed by atoms with Crippen molar-refractivity contribution in [3.8, 4) is 0 Å². The van der Waals surface area contributed by atoms with E-state index in [-0.39, 0.29) is 22.8 Å². The van der Waals surface area contributed by atoms with Crippen molar-refractivity contribution in [1.29, 1.82) is 0 Å². The zero-order chi connectivity index (χ0) is 14.8. The summed E-state index contributed by atoms with van der Waals surface area (Å²) in [5.74, 6) is 1.28. The number of hydrogen-bond donors (Lipinski definition) is 0. The van der Waals surface area contributed by atoms with Gasteiger partial charge in [0.2, 0.25) is 0 Å². The van der Waals surface area contributed by atoms with E-state index in [1.807, 2.05) is 24.3 Å². The van der Waals surface area contributed by atoms with Gasteiger partial charge < -0.3 is 0 Å². The van der Waals surface area contributed by atoms with Gasteiger partial charge in [-0.15, -0.1) is 23.2 Å². The second kappa shape index (κ2) is 6.55. The molecule has 1 aromatic rings. The highest BCUT2D eigenvalue weighted by molar-refractivity contribution is 9.10. The van der Waals surface area contributed by atoms with Gasteiger partial charge in [-0.25, -0.2) is 8.42 Å². The second-order valence-corrected chi connectivity index (χ2v) is 9.21. The normalized spacial score (nSPS) is 22.1. The Hall–Kier alpha value is 0.230. The van der Waals surface area contributed by atoms with Crippen LogP contribution >= 0.6 is 39.1 Å². The molecule has 1 aliphatic rings. The lowest BCUT2D eigenvalue weighted by molar-refractivity contribution is 0.244. The molecule has 1 aromatic carbocycles. The summed E-state index contributed by atoms with van der Waals surface area (Å²) in [4.78, 5) is 0. The summed E-state index contributed by atoms with van der Waals surface area (Å²) in [7, 11) is -2.92. The van der Waals surface area contributed by atoms with Crippen LogP contribution in [0.5, 0.6) is 0 Å². The molecule has 1 aliphatic heterocycles. The van der Waals surface area contributed by atoms with Crippen LogP contribution in [0.1, 0.15) is 12.0 Å². The zero-order valence-electron chi connectivity index (χ0n) is 11.0. The molecular weight excluding hydrogens is 383 g/mol. The van der Waals surface area contributed by atoms with E-state index in [1.165, 1.54) is 0 Å². The Labute approximate surface area is 138 Å². The number of alkyl halides is 2. The molecule has 0 saturated carbocycles. The largest absolute Gasteiger partial charge is 0.229 e. The summed E-state index contributed by atoms with van der Waals surface area (Å²) < 4.78 is 24.5. The van der Waals surface area contributed by atoms with E-state index in [1.54, 1.807) is 0 Å². The Bertz CT molecular complexity index is 553. The van der Waals surface area contributed by atoms with Gasteiger partial charge in [0.05, 0.1) is 11.5 Å². The van der Waals surface area contributed by atoms with Crippen LogP contribution in [0.4, 0.5) is 0 Å². The topological polar surface area (TPSA) is 34.1 Å². The van der Waals surface area contributed by atoms with E-state index < -0.39 is 9.84 Å². The minimum absolute atomic E-state index is 0.0474. The highest BCUT2D eigenvalue weighted by Gasteiger charge is 2.43. The summed E-state index contributed by atoms with van der Waals surface area (Å²) >= 11 is 15.8. The number of halogens is 3. The Morgan fingerprint density at radius 2 is 1.80 bits per heavy atom. The molecule has 1 heterocycles. The molecule has 0 N–H and O–H groups in total. The van der Waals surface area contributed by atoms with Crippen LogP contribution in [0, 0.1) is 11.3 Å². The van der Waals surface area contributed by atoms with Crippen LogP contribution in [0.25, 0.3) is 0 Å². The molecule has 1 unspecified atom stereocenters. The minimum Gasteiger partial charge on any atom is -0.229 e. The van der Waals surface area contributed by atoms with Gasteiger partial charge in [-0.05, 0) is 36.5 Å². The Morgan fingerprint density at radius 3 is 2.25 bits per heavy atom. The molecule has 0 aliphatic carbocycles. The molecule has 112 valence electrons. The fourth-order valence-corrected chi connectivity index (χ4v) is 5.90. The first-order chi connectivity index (χ1) is 9.41. The van der Waals surface area contributed by atoms with Gasteiger partial charge in [0, 0.05) is 21.6 Å². The summed E-state index contributed by atoms with van der Waals surface area (Å²) in [6, 6.07) is 8.02. The Balaban J connectivity index is 2.23. The standard InChI is InChI=1S/C14H17BrCl2O2S/c15-13-3-1-11(2-4-13)7-14(9-16,10-17)12-5-6-20(18,19)8-12/h1-4,12H,5-10H2. The van der Waals surface area contributed by atoms with E-state index in [0.717, 1.165) is 10.0 Å². The van der Waals surface area contributed by atoms with Gasteiger partial charge >= 0.3 is 0 Å². The van der Waals surface area contributed by atoms with E-state index in [9.17, 15) is 8.42 Å². The van der Waals surface area contributed by atoms with Gasteiger partial charge in [0.25, 0.3) is 0 Å². The summed E-state index contributed by atoms with van der Waals surface area (Å²) in [6.07, 6.45) is 1.38. The first-order valence-electron chi connectivity index (χ1n) is 6.47. The Kier molecular flexibility index (Phi) is 5.44. The first kappa shape index (κ1) is 16.6. The Morgan fingerprint density at radius 1 is 1.20 bits per heavy atom. The van der Waals surface area contributed by atoms with Crippen LogP contribution in [0.3, 0.4) is 0 Å². The van der Waals surface area contributed by atoms with Crippen LogP contribution in [-0.2, 0) is 16.3 Å². The van der Waals surface area contributed by atoms with Crippen LogP contribution in [0.15, 0.2) is 28.7 Å². The highest BCUT2D eigenvalue weighted by atomic mass is 79.9. The predicted molar refractivity (Wildman–Crippen MR) is 88.5 cm³/mol. The lowest BCUT2D eigenvalue weighted by atomic mass is 9.74. The smallest absolute Gasteiger partial charge is 0.150 e. The fraction of sp³-hybridized carbons (Fsp3) is 0.571. The molecule has 0 amide bonds. The molecule has 0 aromatic heterocycles. The predicted octanol–water partition coefficient (Wildman–Crippen LogP) is 3.89. The minimum atomic E-state index is -2.92. The van der Waals surface area contributed by atoms with E-state index in [2.05, 4.69) is 15.9 Å². The molecule has 20 heavy (non-hydrogen) atoms. The maximum absolute atomic E-state index is 11.7. The van der Waals surface area contributed by atoms with Crippen molar-refractivity contribution < 1.29 is 8.42 Å². The van der Waals surface area contributed by atoms with Crippen molar-refractivity contribution >= 4 is 49.0 Å². The maximum atomic E-state index is 11.7. The van der Waals surface area contributed by atoms with Crippen LogP contribution in [-0.4, -0.2) is 31.7 Å². The number of benzene rings is 1. The average Bonchev–Trinajstić information content (AvgIpc) is 2.79. The molecule has 6 heteroatoms. The van der Waals surface area contributed by atoms with Gasteiger partial charge in [-0.1, -0.05) is 28.1 Å². The summed E-state index contributed by atoms with van der Waals surface area (Å²) in [5.41, 5.74) is 0.791. The SMILES string of the molecule is O=S1(=O)CCC(C(CCl)(CCl)Cc2ccc(Br)cc2)C1.